The molecule has 0 bridgehead atoms. The van der Waals surface area contributed by atoms with Crippen LogP contribution in [-0.2, 0) is 4.74 Å². The molecule has 3 aromatic rings. The Kier molecular flexibility index (Phi) is 8.96. The molecule has 0 spiro atoms. The molecule has 1 heterocycles. The fourth-order valence-corrected chi connectivity index (χ4v) is 4.71. The molecule has 3 aromatic carbocycles. The zero-order valence-corrected chi connectivity index (χ0v) is 22.0. The Labute approximate surface area is 219 Å². The molecule has 0 aliphatic carbocycles. The van der Waals surface area contributed by atoms with Crippen LogP contribution in [0.4, 0.5) is 5.69 Å². The molecule has 1 aliphatic heterocycles. The van der Waals surface area contributed by atoms with Gasteiger partial charge in [0.2, 0.25) is 0 Å². The minimum Gasteiger partial charge on any atom is -0.493 e. The van der Waals surface area contributed by atoms with Crippen molar-refractivity contribution in [1.29, 1.82) is 0 Å². The van der Waals surface area contributed by atoms with Crippen LogP contribution in [0.2, 0.25) is 0 Å². The van der Waals surface area contributed by atoms with E-state index in [0.717, 1.165) is 55.5 Å². The maximum absolute atomic E-state index is 13.7. The smallest absolute Gasteiger partial charge is 0.339 e. The number of rotatable bonds is 9. The van der Waals surface area contributed by atoms with Gasteiger partial charge >= 0.3 is 5.97 Å². The lowest BCUT2D eigenvalue weighted by Crippen LogP contribution is -2.29. The van der Waals surface area contributed by atoms with Crippen molar-refractivity contribution < 1.29 is 19.1 Å². The van der Waals surface area contributed by atoms with Crippen molar-refractivity contribution in [3.8, 4) is 16.9 Å². The summed E-state index contributed by atoms with van der Waals surface area (Å²) in [6, 6.07) is 21.2. The van der Waals surface area contributed by atoms with E-state index in [4.69, 9.17) is 9.47 Å². The number of carbonyl (C=O) groups is 2. The van der Waals surface area contributed by atoms with Gasteiger partial charge in [0.15, 0.2) is 0 Å². The van der Waals surface area contributed by atoms with Crippen LogP contribution in [0.3, 0.4) is 0 Å². The number of likely N-dealkylation sites (tertiary alicyclic amines) is 1. The number of methoxy groups -OCH3 is 1. The summed E-state index contributed by atoms with van der Waals surface area (Å²) in [7, 11) is 3.48. The first kappa shape index (κ1) is 26.4. The van der Waals surface area contributed by atoms with Gasteiger partial charge in [0.1, 0.15) is 5.75 Å². The van der Waals surface area contributed by atoms with E-state index < -0.39 is 5.97 Å². The highest BCUT2D eigenvalue weighted by molar-refractivity contribution is 6.10. The molecule has 0 aromatic heterocycles. The Morgan fingerprint density at radius 3 is 2.41 bits per heavy atom. The first-order valence-corrected chi connectivity index (χ1v) is 13.0. The number of benzene rings is 3. The van der Waals surface area contributed by atoms with Crippen LogP contribution in [0.25, 0.3) is 11.1 Å². The number of nitrogens with zero attached hydrogens (tertiary/aromatic N) is 1. The molecule has 6 nitrogen and oxygen atoms in total. The molecule has 0 saturated carbocycles. The Hall–Kier alpha value is -3.64. The van der Waals surface area contributed by atoms with Crippen molar-refractivity contribution in [3.05, 3.63) is 83.4 Å². The number of esters is 1. The molecule has 1 aliphatic rings. The number of nitrogens with one attached hydrogen (secondary N) is 1. The second-order valence-electron chi connectivity index (χ2n) is 9.61. The maximum Gasteiger partial charge on any atom is 0.339 e. The van der Waals surface area contributed by atoms with Gasteiger partial charge in [0, 0.05) is 0 Å². The number of amides is 1. The minimum atomic E-state index is -0.505. The van der Waals surface area contributed by atoms with E-state index in [-0.39, 0.29) is 5.91 Å². The van der Waals surface area contributed by atoms with Crippen molar-refractivity contribution in [1.82, 2.24) is 4.90 Å². The van der Waals surface area contributed by atoms with Gasteiger partial charge in [-0.1, -0.05) is 55.8 Å². The number of unbranched alkanes of at least 4 members (excludes halogenated alkanes) is 1. The second kappa shape index (κ2) is 12.5. The first-order valence-electron chi connectivity index (χ1n) is 13.0. The summed E-state index contributed by atoms with van der Waals surface area (Å²) in [6.45, 7) is 4.72. The summed E-state index contributed by atoms with van der Waals surface area (Å²) >= 11 is 0. The predicted molar refractivity (Wildman–Crippen MR) is 147 cm³/mol. The normalized spacial score (nSPS) is 14.2. The zero-order valence-electron chi connectivity index (χ0n) is 22.0. The molecule has 0 atom stereocenters. The van der Waals surface area contributed by atoms with E-state index in [1.807, 2.05) is 54.6 Å². The van der Waals surface area contributed by atoms with E-state index in [2.05, 4.69) is 30.3 Å². The van der Waals surface area contributed by atoms with Crippen molar-refractivity contribution in [2.24, 2.45) is 0 Å². The molecule has 0 radical (unpaired) electrons. The second-order valence-corrected chi connectivity index (χ2v) is 9.61. The molecule has 1 fully saturated rings. The van der Waals surface area contributed by atoms with Crippen molar-refractivity contribution in [3.63, 3.8) is 0 Å². The third-order valence-electron chi connectivity index (χ3n) is 6.97. The molecule has 37 heavy (non-hydrogen) atoms. The molecule has 6 heteroatoms. The molecule has 1 saturated heterocycles. The van der Waals surface area contributed by atoms with E-state index in [1.54, 1.807) is 6.07 Å². The van der Waals surface area contributed by atoms with Crippen LogP contribution < -0.4 is 10.1 Å². The first-order chi connectivity index (χ1) is 18.0. The van der Waals surface area contributed by atoms with Crippen LogP contribution in [0.1, 0.15) is 64.8 Å². The highest BCUT2D eigenvalue weighted by Crippen LogP contribution is 2.33. The maximum atomic E-state index is 13.7. The summed E-state index contributed by atoms with van der Waals surface area (Å²) in [5.41, 5.74) is 4.21. The van der Waals surface area contributed by atoms with Gasteiger partial charge in [0.05, 0.1) is 30.5 Å². The number of piperidine rings is 1. The molecule has 1 amide bonds. The molecule has 194 valence electrons. The van der Waals surface area contributed by atoms with Gasteiger partial charge in [0.25, 0.3) is 5.91 Å². The highest BCUT2D eigenvalue weighted by Gasteiger charge is 2.23. The average Bonchev–Trinajstić information content (AvgIpc) is 2.93. The molecule has 1 N–H and O–H groups in total. The monoisotopic (exact) mass is 500 g/mol. The largest absolute Gasteiger partial charge is 0.493 e. The average molecular weight is 501 g/mol. The van der Waals surface area contributed by atoms with Crippen molar-refractivity contribution in [2.75, 3.05) is 39.2 Å². The Morgan fingerprint density at radius 1 is 0.946 bits per heavy atom. The predicted octanol–water partition coefficient (Wildman–Crippen LogP) is 6.38. The number of ether oxygens (including phenoxy) is 2. The zero-order chi connectivity index (χ0) is 26.2. The van der Waals surface area contributed by atoms with Crippen LogP contribution in [-0.4, -0.2) is 50.6 Å². The summed E-state index contributed by atoms with van der Waals surface area (Å²) in [5, 5.41) is 2.99. The third-order valence-corrected chi connectivity index (χ3v) is 6.97. The van der Waals surface area contributed by atoms with Crippen molar-refractivity contribution >= 4 is 17.6 Å². The van der Waals surface area contributed by atoms with Gasteiger partial charge in [-0.3, -0.25) is 4.79 Å². The lowest BCUT2D eigenvalue weighted by molar-refractivity contribution is 0.0602. The third kappa shape index (κ3) is 6.57. The SMILES string of the molecule is CCCCOc1ccc(C2CCN(C)CC2)cc1C(=O)Nc1cc(-c2ccccc2)ccc1C(=O)OC. The van der Waals surface area contributed by atoms with Gasteiger partial charge in [-0.25, -0.2) is 4.79 Å². The fourth-order valence-electron chi connectivity index (χ4n) is 4.71. The van der Waals surface area contributed by atoms with Crippen LogP contribution in [0.5, 0.6) is 5.75 Å². The number of anilines is 1. The quantitative estimate of drug-likeness (QED) is 0.273. The Morgan fingerprint density at radius 2 is 1.70 bits per heavy atom. The van der Waals surface area contributed by atoms with Crippen molar-refractivity contribution in [2.45, 2.75) is 38.5 Å². The number of hydrogen-bond donors (Lipinski definition) is 1. The van der Waals surface area contributed by atoms with Crippen LogP contribution in [0, 0.1) is 0 Å². The summed E-state index contributed by atoms with van der Waals surface area (Å²) in [5.74, 6) is 0.145. The molecule has 0 unspecified atom stereocenters. The number of carbonyl (C=O) groups excluding carboxylic acids is 2. The topological polar surface area (TPSA) is 67.9 Å². The van der Waals surface area contributed by atoms with Crippen LogP contribution in [0.15, 0.2) is 66.7 Å². The van der Waals surface area contributed by atoms with Crippen LogP contribution >= 0.6 is 0 Å². The van der Waals surface area contributed by atoms with E-state index >= 15 is 0 Å². The molecular weight excluding hydrogens is 464 g/mol. The van der Waals surface area contributed by atoms with Gasteiger partial charge in [-0.2, -0.15) is 0 Å². The molecule has 4 rings (SSSR count). The van der Waals surface area contributed by atoms with E-state index in [0.29, 0.717) is 35.1 Å². The highest BCUT2D eigenvalue weighted by atomic mass is 16.5. The van der Waals surface area contributed by atoms with Gasteiger partial charge in [-0.15, -0.1) is 0 Å². The standard InChI is InChI=1S/C31H36N2O4/c1-4-5-19-37-29-14-12-24(23-15-17-33(2)18-16-23)20-27(29)30(34)32-28-21-25(22-9-7-6-8-10-22)11-13-26(28)31(35)36-3/h6-14,20-21,23H,4-5,15-19H2,1-3H3,(H,32,34). The lowest BCUT2D eigenvalue weighted by atomic mass is 9.88. The summed E-state index contributed by atoms with van der Waals surface area (Å²) < 4.78 is 11.0. The Bertz CT molecular complexity index is 1220. The minimum absolute atomic E-state index is 0.301. The summed E-state index contributed by atoms with van der Waals surface area (Å²) in [6.07, 6.45) is 4.02. The Balaban J connectivity index is 1.68. The lowest BCUT2D eigenvalue weighted by Gasteiger charge is -2.29. The van der Waals surface area contributed by atoms with Gasteiger partial charge < -0.3 is 19.7 Å². The number of hydrogen-bond acceptors (Lipinski definition) is 5. The van der Waals surface area contributed by atoms with E-state index in [1.165, 1.54) is 7.11 Å². The summed E-state index contributed by atoms with van der Waals surface area (Å²) in [4.78, 5) is 28.6. The molecular formula is C31H36N2O4. The fraction of sp³-hybridized carbons (Fsp3) is 0.355. The van der Waals surface area contributed by atoms with Gasteiger partial charge in [-0.05, 0) is 86.3 Å². The van der Waals surface area contributed by atoms with E-state index in [9.17, 15) is 9.59 Å².